The molecule has 4 saturated carbocycles. The molecule has 5 rings (SSSR count). The lowest BCUT2D eigenvalue weighted by Crippen LogP contribution is -2.48. The standard InChI is InChI=1S/C22H30N2OS/c1-3-18-6-4-5-14(2)20(18)24-21(26)23-19(25)13-22-10-15-7-16(11-22)9-17(8-15)12-22/h4-6,15-17H,3,7-13H2,1-2H3,(H2,23,24,25,26). The molecule has 1 amide bonds. The van der Waals surface area contributed by atoms with Gasteiger partial charge in [0, 0.05) is 12.1 Å². The Kier molecular flexibility index (Phi) is 4.81. The minimum absolute atomic E-state index is 0.0936. The van der Waals surface area contributed by atoms with E-state index < -0.39 is 0 Å². The van der Waals surface area contributed by atoms with E-state index in [9.17, 15) is 4.79 Å². The SMILES string of the molecule is CCc1cccc(C)c1NC(=S)NC(=O)CC12CC3CC(CC(C3)C1)C2. The lowest BCUT2D eigenvalue weighted by Gasteiger charge is -2.56. The zero-order valence-electron chi connectivity index (χ0n) is 15.9. The summed E-state index contributed by atoms with van der Waals surface area (Å²) >= 11 is 5.45. The van der Waals surface area contributed by atoms with Gasteiger partial charge in [-0.05, 0) is 98.4 Å². The Morgan fingerprint density at radius 3 is 2.35 bits per heavy atom. The molecule has 0 spiro atoms. The average Bonchev–Trinajstić information content (AvgIpc) is 2.54. The molecule has 0 saturated heterocycles. The lowest BCUT2D eigenvalue weighted by molar-refractivity contribution is -0.127. The van der Waals surface area contributed by atoms with E-state index in [-0.39, 0.29) is 11.3 Å². The van der Waals surface area contributed by atoms with Crippen LogP contribution in [0.4, 0.5) is 5.69 Å². The summed E-state index contributed by atoms with van der Waals surface area (Å²) in [6.07, 6.45) is 9.58. The summed E-state index contributed by atoms with van der Waals surface area (Å²) in [5.74, 6) is 2.71. The molecule has 0 radical (unpaired) electrons. The van der Waals surface area contributed by atoms with Crippen LogP contribution in [0, 0.1) is 30.1 Å². The van der Waals surface area contributed by atoms with E-state index >= 15 is 0 Å². The van der Waals surface area contributed by atoms with Crippen molar-refractivity contribution in [3.8, 4) is 0 Å². The van der Waals surface area contributed by atoms with Crippen LogP contribution in [0.15, 0.2) is 18.2 Å². The highest BCUT2D eigenvalue weighted by molar-refractivity contribution is 7.80. The van der Waals surface area contributed by atoms with Gasteiger partial charge in [0.1, 0.15) is 0 Å². The normalized spacial score (nSPS) is 31.7. The Balaban J connectivity index is 1.37. The smallest absolute Gasteiger partial charge is 0.226 e. The number of carbonyl (C=O) groups is 1. The average molecular weight is 371 g/mol. The maximum absolute atomic E-state index is 12.7. The van der Waals surface area contributed by atoms with E-state index in [1.54, 1.807) is 0 Å². The molecule has 1 aromatic carbocycles. The summed E-state index contributed by atoms with van der Waals surface area (Å²) in [4.78, 5) is 12.7. The minimum Gasteiger partial charge on any atom is -0.332 e. The van der Waals surface area contributed by atoms with E-state index in [4.69, 9.17) is 12.2 Å². The van der Waals surface area contributed by atoms with Gasteiger partial charge in [-0.25, -0.2) is 0 Å². The topological polar surface area (TPSA) is 41.1 Å². The van der Waals surface area contributed by atoms with Gasteiger partial charge in [0.05, 0.1) is 0 Å². The Hall–Kier alpha value is -1.42. The van der Waals surface area contributed by atoms with Crippen molar-refractivity contribution in [2.45, 2.75) is 65.2 Å². The Labute approximate surface area is 162 Å². The van der Waals surface area contributed by atoms with Gasteiger partial charge in [0.15, 0.2) is 5.11 Å². The molecule has 4 heteroatoms. The fourth-order valence-corrected chi connectivity index (χ4v) is 6.58. The summed E-state index contributed by atoms with van der Waals surface area (Å²) in [5, 5.41) is 6.67. The number of hydrogen-bond donors (Lipinski definition) is 2. The van der Waals surface area contributed by atoms with Crippen molar-refractivity contribution in [3.63, 3.8) is 0 Å². The summed E-state index contributed by atoms with van der Waals surface area (Å²) < 4.78 is 0. The number of carbonyl (C=O) groups excluding carboxylic acids is 1. The first-order valence-electron chi connectivity index (χ1n) is 10.2. The largest absolute Gasteiger partial charge is 0.332 e. The van der Waals surface area contributed by atoms with Crippen LogP contribution in [0.5, 0.6) is 0 Å². The summed E-state index contributed by atoms with van der Waals surface area (Å²) in [6, 6.07) is 6.24. The second kappa shape index (κ2) is 6.95. The number of benzene rings is 1. The van der Waals surface area contributed by atoms with Crippen molar-refractivity contribution >= 4 is 28.9 Å². The van der Waals surface area contributed by atoms with E-state index in [1.807, 2.05) is 0 Å². The highest BCUT2D eigenvalue weighted by atomic mass is 32.1. The number of anilines is 1. The van der Waals surface area contributed by atoms with Crippen molar-refractivity contribution in [1.29, 1.82) is 0 Å². The van der Waals surface area contributed by atoms with Gasteiger partial charge in [-0.15, -0.1) is 0 Å². The first-order valence-corrected chi connectivity index (χ1v) is 10.6. The lowest BCUT2D eigenvalue weighted by atomic mass is 9.49. The number of amides is 1. The fraction of sp³-hybridized carbons (Fsp3) is 0.636. The van der Waals surface area contributed by atoms with E-state index in [2.05, 4.69) is 42.7 Å². The third kappa shape index (κ3) is 3.53. The van der Waals surface area contributed by atoms with Gasteiger partial charge >= 0.3 is 0 Å². The molecule has 3 nitrogen and oxygen atoms in total. The highest BCUT2D eigenvalue weighted by Gasteiger charge is 2.51. The van der Waals surface area contributed by atoms with Gasteiger partial charge in [0.2, 0.25) is 5.91 Å². The van der Waals surface area contributed by atoms with E-state index in [0.717, 1.165) is 35.4 Å². The molecule has 0 aliphatic heterocycles. The fourth-order valence-electron chi connectivity index (χ4n) is 6.36. The first kappa shape index (κ1) is 18.0. The predicted molar refractivity (Wildman–Crippen MR) is 110 cm³/mol. The van der Waals surface area contributed by atoms with Crippen LogP contribution in [0.3, 0.4) is 0 Å². The molecule has 0 aromatic heterocycles. The third-order valence-corrected chi connectivity index (χ3v) is 7.14. The van der Waals surface area contributed by atoms with Crippen molar-refractivity contribution < 1.29 is 4.79 Å². The molecule has 4 aliphatic rings. The summed E-state index contributed by atoms with van der Waals surface area (Å²) in [5.41, 5.74) is 3.67. The van der Waals surface area contributed by atoms with Crippen LogP contribution >= 0.6 is 12.2 Å². The van der Waals surface area contributed by atoms with Crippen molar-refractivity contribution in [2.75, 3.05) is 5.32 Å². The maximum Gasteiger partial charge on any atom is 0.226 e. The van der Waals surface area contributed by atoms with Crippen LogP contribution in [0.2, 0.25) is 0 Å². The molecule has 140 valence electrons. The number of para-hydroxylation sites is 1. The molecule has 26 heavy (non-hydrogen) atoms. The molecule has 4 bridgehead atoms. The second-order valence-electron chi connectivity index (χ2n) is 9.06. The van der Waals surface area contributed by atoms with E-state index in [0.29, 0.717) is 11.5 Å². The summed E-state index contributed by atoms with van der Waals surface area (Å²) in [6.45, 7) is 4.20. The Bertz CT molecular complexity index is 692. The van der Waals surface area contributed by atoms with Crippen LogP contribution < -0.4 is 10.6 Å². The zero-order chi connectivity index (χ0) is 18.3. The number of thiocarbonyl (C=S) groups is 1. The van der Waals surface area contributed by atoms with Gasteiger partial charge < -0.3 is 10.6 Å². The Morgan fingerprint density at radius 1 is 1.15 bits per heavy atom. The molecule has 4 fully saturated rings. The molecular weight excluding hydrogens is 340 g/mol. The van der Waals surface area contributed by atoms with Crippen molar-refractivity contribution in [2.24, 2.45) is 23.2 Å². The molecule has 0 heterocycles. The van der Waals surface area contributed by atoms with Crippen molar-refractivity contribution in [3.05, 3.63) is 29.3 Å². The van der Waals surface area contributed by atoms with E-state index in [1.165, 1.54) is 44.1 Å². The van der Waals surface area contributed by atoms with Gasteiger partial charge in [0.25, 0.3) is 0 Å². The molecular formula is C22H30N2OS. The quantitative estimate of drug-likeness (QED) is 0.735. The van der Waals surface area contributed by atoms with Crippen LogP contribution in [0.1, 0.15) is 63.0 Å². The van der Waals surface area contributed by atoms with Gasteiger partial charge in [-0.1, -0.05) is 25.1 Å². The Morgan fingerprint density at radius 2 is 1.77 bits per heavy atom. The molecule has 1 aromatic rings. The third-order valence-electron chi connectivity index (χ3n) is 6.93. The first-order chi connectivity index (χ1) is 12.5. The summed E-state index contributed by atoms with van der Waals surface area (Å²) in [7, 11) is 0. The van der Waals surface area contributed by atoms with Crippen LogP contribution in [-0.4, -0.2) is 11.0 Å². The number of aryl methyl sites for hydroxylation is 2. The highest BCUT2D eigenvalue weighted by Crippen LogP contribution is 2.61. The van der Waals surface area contributed by atoms with Crippen LogP contribution in [0.25, 0.3) is 0 Å². The van der Waals surface area contributed by atoms with Crippen molar-refractivity contribution in [1.82, 2.24) is 5.32 Å². The number of nitrogens with one attached hydrogen (secondary N) is 2. The molecule has 0 atom stereocenters. The number of rotatable bonds is 4. The number of hydrogen-bond acceptors (Lipinski definition) is 2. The molecule has 4 aliphatic carbocycles. The molecule has 0 unspecified atom stereocenters. The predicted octanol–water partition coefficient (Wildman–Crippen LogP) is 4.98. The van der Waals surface area contributed by atoms with Gasteiger partial charge in [-0.2, -0.15) is 0 Å². The maximum atomic E-state index is 12.7. The second-order valence-corrected chi connectivity index (χ2v) is 9.47. The monoisotopic (exact) mass is 370 g/mol. The van der Waals surface area contributed by atoms with Crippen LogP contribution in [-0.2, 0) is 11.2 Å². The molecule has 2 N–H and O–H groups in total. The minimum atomic E-state index is 0.0936. The zero-order valence-corrected chi connectivity index (χ0v) is 16.8. The van der Waals surface area contributed by atoms with Gasteiger partial charge in [-0.3, -0.25) is 4.79 Å².